The van der Waals surface area contributed by atoms with E-state index in [1.165, 1.54) is 4.90 Å². The molecule has 1 N–H and O–H groups in total. The highest BCUT2D eigenvalue weighted by Crippen LogP contribution is 2.37. The van der Waals surface area contributed by atoms with E-state index in [4.69, 9.17) is 4.74 Å². The van der Waals surface area contributed by atoms with Crippen molar-refractivity contribution >= 4 is 23.8 Å². The number of nitrogens with zero attached hydrogens (tertiary/aromatic N) is 1. The van der Waals surface area contributed by atoms with Crippen LogP contribution in [-0.2, 0) is 23.9 Å². The topological polar surface area (TPSA) is 102 Å². The largest absolute Gasteiger partial charge is 0.468 e. The van der Waals surface area contributed by atoms with E-state index < -0.39 is 40.7 Å². The maximum atomic E-state index is 12.5. The number of hydrogen-bond acceptors (Lipinski definition) is 6. The monoisotopic (exact) mass is 312 g/mol. The van der Waals surface area contributed by atoms with E-state index >= 15 is 0 Å². The van der Waals surface area contributed by atoms with Crippen LogP contribution in [0.3, 0.4) is 0 Å². The zero-order valence-electron chi connectivity index (χ0n) is 13.1. The number of carbonyl (C=O) groups is 4. The third kappa shape index (κ3) is 2.77. The van der Waals surface area contributed by atoms with Crippen LogP contribution in [-0.4, -0.2) is 61.0 Å². The molecule has 2 amide bonds. The van der Waals surface area contributed by atoms with Gasteiger partial charge in [0.15, 0.2) is 11.7 Å². The highest BCUT2D eigenvalue weighted by atomic mass is 16.6. The molecule has 0 radical (unpaired) electrons. The minimum Gasteiger partial charge on any atom is -0.468 e. The molecule has 2 saturated heterocycles. The Morgan fingerprint density at radius 1 is 1.27 bits per heavy atom. The zero-order valence-corrected chi connectivity index (χ0v) is 13.1. The van der Waals surface area contributed by atoms with E-state index in [0.717, 1.165) is 7.11 Å². The van der Waals surface area contributed by atoms with Crippen LogP contribution in [0.25, 0.3) is 0 Å². The molecule has 1 atom stereocenters. The molecule has 122 valence electrons. The molecule has 2 heterocycles. The molecule has 0 aromatic carbocycles. The molecule has 0 aromatic heterocycles. The van der Waals surface area contributed by atoms with Gasteiger partial charge in [0.05, 0.1) is 12.5 Å². The number of carbonyl (C=O) groups excluding carboxylic acids is 4. The summed E-state index contributed by atoms with van der Waals surface area (Å²) in [5, 5.41) is 2.54. The minimum atomic E-state index is -1.46. The number of likely N-dealkylation sites (tertiary alicyclic amines) is 1. The van der Waals surface area contributed by atoms with Gasteiger partial charge in [0, 0.05) is 19.6 Å². The molecule has 1 unspecified atom stereocenters. The Balaban J connectivity index is 2.05. The molecular formula is C14H20N2O6. The lowest BCUT2D eigenvalue weighted by atomic mass is 9.69. The highest BCUT2D eigenvalue weighted by Gasteiger charge is 2.59. The van der Waals surface area contributed by atoms with Crippen LogP contribution in [0.2, 0.25) is 0 Å². The molecule has 0 saturated carbocycles. The van der Waals surface area contributed by atoms with Gasteiger partial charge in [-0.3, -0.25) is 14.4 Å². The molecule has 2 aliphatic rings. The van der Waals surface area contributed by atoms with Crippen molar-refractivity contribution < 1.29 is 28.7 Å². The Morgan fingerprint density at radius 3 is 2.36 bits per heavy atom. The summed E-state index contributed by atoms with van der Waals surface area (Å²) in [4.78, 5) is 49.1. The van der Waals surface area contributed by atoms with Crippen molar-refractivity contribution in [3.8, 4) is 0 Å². The van der Waals surface area contributed by atoms with Gasteiger partial charge in [0.2, 0.25) is 5.91 Å². The van der Waals surface area contributed by atoms with Gasteiger partial charge in [-0.25, -0.2) is 4.79 Å². The summed E-state index contributed by atoms with van der Waals surface area (Å²) in [5.74, 6) is -3.49. The van der Waals surface area contributed by atoms with Gasteiger partial charge in [-0.15, -0.1) is 0 Å². The number of hydrogen-bond donors (Lipinski definition) is 1. The van der Waals surface area contributed by atoms with Crippen molar-refractivity contribution in [3.63, 3.8) is 0 Å². The molecule has 0 bridgehead atoms. The summed E-state index contributed by atoms with van der Waals surface area (Å²) in [6, 6.07) is 0. The number of amides is 2. The second-order valence-electron chi connectivity index (χ2n) is 6.65. The maximum Gasteiger partial charge on any atom is 0.410 e. The van der Waals surface area contributed by atoms with Crippen molar-refractivity contribution in [1.29, 1.82) is 0 Å². The standard InChI is InChI=1S/C14H20N2O6/c1-13(2,3)22-12(20)16-6-14(7-16)5-15-10(18)8(9(14)17)11(19)21-4/h8H,5-7H2,1-4H3,(H,15,18). The number of piperidine rings is 1. The van der Waals surface area contributed by atoms with Crippen molar-refractivity contribution in [2.24, 2.45) is 11.3 Å². The molecule has 1 spiro atoms. The van der Waals surface area contributed by atoms with E-state index in [0.29, 0.717) is 0 Å². The van der Waals surface area contributed by atoms with Crippen LogP contribution >= 0.6 is 0 Å². The summed E-state index contributed by atoms with van der Waals surface area (Å²) in [5.41, 5.74) is -1.55. The lowest BCUT2D eigenvalue weighted by Gasteiger charge is -2.51. The summed E-state index contributed by atoms with van der Waals surface area (Å²) >= 11 is 0. The van der Waals surface area contributed by atoms with Crippen LogP contribution in [0.5, 0.6) is 0 Å². The molecular weight excluding hydrogens is 292 g/mol. The number of rotatable bonds is 1. The molecule has 2 rings (SSSR count). The number of ether oxygens (including phenoxy) is 2. The van der Waals surface area contributed by atoms with E-state index in [9.17, 15) is 19.2 Å². The van der Waals surface area contributed by atoms with Crippen molar-refractivity contribution in [2.75, 3.05) is 26.7 Å². The van der Waals surface area contributed by atoms with Gasteiger partial charge in [0.1, 0.15) is 5.60 Å². The van der Waals surface area contributed by atoms with Crippen molar-refractivity contribution in [1.82, 2.24) is 10.2 Å². The fourth-order valence-corrected chi connectivity index (χ4v) is 2.61. The highest BCUT2D eigenvalue weighted by molar-refractivity contribution is 6.20. The van der Waals surface area contributed by atoms with Crippen LogP contribution in [0.4, 0.5) is 4.79 Å². The van der Waals surface area contributed by atoms with Gasteiger partial charge in [-0.1, -0.05) is 0 Å². The number of esters is 1. The maximum absolute atomic E-state index is 12.5. The first-order chi connectivity index (χ1) is 10.1. The third-order valence-electron chi connectivity index (χ3n) is 3.72. The summed E-state index contributed by atoms with van der Waals surface area (Å²) < 4.78 is 9.73. The Bertz CT molecular complexity index is 522. The summed E-state index contributed by atoms with van der Waals surface area (Å²) in [6.45, 7) is 5.60. The lowest BCUT2D eigenvalue weighted by Crippen LogP contribution is -2.71. The summed E-state index contributed by atoms with van der Waals surface area (Å²) in [7, 11) is 1.12. The van der Waals surface area contributed by atoms with Gasteiger partial charge < -0.3 is 19.7 Å². The predicted molar refractivity (Wildman–Crippen MR) is 73.8 cm³/mol. The average molecular weight is 312 g/mol. The van der Waals surface area contributed by atoms with E-state index in [2.05, 4.69) is 10.1 Å². The lowest BCUT2D eigenvalue weighted by molar-refractivity contribution is -0.164. The van der Waals surface area contributed by atoms with Crippen LogP contribution < -0.4 is 5.32 Å². The fraction of sp³-hybridized carbons (Fsp3) is 0.714. The first kappa shape index (κ1) is 16.3. The molecule has 2 fully saturated rings. The SMILES string of the molecule is COC(=O)C1C(=O)NCC2(CN(C(=O)OC(C)(C)C)C2)C1=O. The summed E-state index contributed by atoms with van der Waals surface area (Å²) in [6.07, 6.45) is -0.516. The second kappa shape index (κ2) is 5.26. The molecule has 8 nitrogen and oxygen atoms in total. The Labute approximate surface area is 128 Å². The molecule has 22 heavy (non-hydrogen) atoms. The first-order valence-electron chi connectivity index (χ1n) is 6.97. The van der Waals surface area contributed by atoms with Crippen LogP contribution in [0, 0.1) is 11.3 Å². The molecule has 8 heteroatoms. The van der Waals surface area contributed by atoms with Crippen LogP contribution in [0.1, 0.15) is 20.8 Å². The number of nitrogens with one attached hydrogen (secondary N) is 1. The normalized spacial score (nSPS) is 23.6. The Hall–Kier alpha value is -2.12. The van der Waals surface area contributed by atoms with Gasteiger partial charge in [-0.05, 0) is 20.8 Å². The van der Waals surface area contributed by atoms with E-state index in [1.807, 2.05) is 0 Å². The average Bonchev–Trinajstić information content (AvgIpc) is 2.34. The Kier molecular flexibility index (Phi) is 3.88. The molecule has 0 aromatic rings. The second-order valence-corrected chi connectivity index (χ2v) is 6.65. The Morgan fingerprint density at radius 2 is 1.86 bits per heavy atom. The fourth-order valence-electron chi connectivity index (χ4n) is 2.61. The number of ketones is 1. The van der Waals surface area contributed by atoms with Crippen molar-refractivity contribution in [2.45, 2.75) is 26.4 Å². The molecule has 0 aliphatic carbocycles. The quantitative estimate of drug-likeness (QED) is 0.527. The van der Waals surface area contributed by atoms with Crippen molar-refractivity contribution in [3.05, 3.63) is 0 Å². The van der Waals surface area contributed by atoms with E-state index in [1.54, 1.807) is 20.8 Å². The minimum absolute atomic E-state index is 0.109. The number of methoxy groups -OCH3 is 1. The van der Waals surface area contributed by atoms with Gasteiger partial charge >= 0.3 is 12.1 Å². The van der Waals surface area contributed by atoms with Gasteiger partial charge in [-0.2, -0.15) is 0 Å². The van der Waals surface area contributed by atoms with Gasteiger partial charge in [0.25, 0.3) is 0 Å². The molecule has 2 aliphatic heterocycles. The zero-order chi connectivity index (χ0) is 16.7. The smallest absolute Gasteiger partial charge is 0.410 e. The van der Waals surface area contributed by atoms with Crippen LogP contribution in [0.15, 0.2) is 0 Å². The number of Topliss-reactive ketones (excluding diaryl/α,β-unsaturated/α-hetero) is 1. The third-order valence-corrected chi connectivity index (χ3v) is 3.72. The predicted octanol–water partition coefficient (Wildman–Crippen LogP) is -0.288. The van der Waals surface area contributed by atoms with E-state index in [-0.39, 0.29) is 19.6 Å². The first-order valence-corrected chi connectivity index (χ1v) is 6.97.